The van der Waals surface area contributed by atoms with Crippen molar-refractivity contribution in [3.8, 4) is 0 Å². The van der Waals surface area contributed by atoms with Crippen LogP contribution in [0.5, 0.6) is 0 Å². The van der Waals surface area contributed by atoms with Crippen LogP contribution in [-0.2, 0) is 6.42 Å². The average molecular weight is 353 g/mol. The summed E-state index contributed by atoms with van der Waals surface area (Å²) in [5, 5.41) is 5.56. The van der Waals surface area contributed by atoms with Gasteiger partial charge in [0.05, 0.1) is 17.6 Å². The highest BCUT2D eigenvalue weighted by Crippen LogP contribution is 2.18. The summed E-state index contributed by atoms with van der Waals surface area (Å²) in [6.07, 6.45) is 2.49. The fraction of sp³-hybridized carbons (Fsp3) is 0.100. The van der Waals surface area contributed by atoms with Gasteiger partial charge in [-0.25, -0.2) is 13.8 Å². The molecular formula is C20H17F2N3O. The van der Waals surface area contributed by atoms with Gasteiger partial charge in [0.25, 0.3) is 5.91 Å². The first-order valence-electron chi connectivity index (χ1n) is 8.13. The summed E-state index contributed by atoms with van der Waals surface area (Å²) in [7, 11) is 0. The van der Waals surface area contributed by atoms with Crippen molar-refractivity contribution >= 4 is 23.0 Å². The van der Waals surface area contributed by atoms with E-state index >= 15 is 0 Å². The second-order valence-corrected chi connectivity index (χ2v) is 5.69. The van der Waals surface area contributed by atoms with Crippen LogP contribution in [0.15, 0.2) is 60.8 Å². The Morgan fingerprint density at radius 3 is 2.35 bits per heavy atom. The van der Waals surface area contributed by atoms with Gasteiger partial charge in [-0.2, -0.15) is 0 Å². The minimum Gasteiger partial charge on any atom is -0.354 e. The van der Waals surface area contributed by atoms with Crippen LogP contribution in [0.1, 0.15) is 23.0 Å². The molecule has 0 aliphatic rings. The molecule has 0 saturated carbocycles. The Morgan fingerprint density at radius 2 is 1.73 bits per heavy atom. The van der Waals surface area contributed by atoms with E-state index in [-0.39, 0.29) is 11.4 Å². The first-order valence-corrected chi connectivity index (χ1v) is 8.13. The number of carbonyl (C=O) groups excluding carboxylic acids is 1. The number of hydrogen-bond acceptors (Lipinski definition) is 3. The number of aromatic nitrogens is 1. The summed E-state index contributed by atoms with van der Waals surface area (Å²) in [5.74, 6) is -2.12. The first-order chi connectivity index (χ1) is 12.5. The number of halogens is 2. The van der Waals surface area contributed by atoms with E-state index in [1.807, 2.05) is 24.3 Å². The summed E-state index contributed by atoms with van der Waals surface area (Å²) in [4.78, 5) is 16.2. The molecule has 0 bridgehead atoms. The van der Waals surface area contributed by atoms with Crippen LogP contribution in [0.25, 0.3) is 0 Å². The van der Waals surface area contributed by atoms with Crippen molar-refractivity contribution in [3.63, 3.8) is 0 Å². The highest BCUT2D eigenvalue weighted by atomic mass is 19.1. The van der Waals surface area contributed by atoms with E-state index < -0.39 is 17.5 Å². The third kappa shape index (κ3) is 4.22. The normalized spacial score (nSPS) is 10.4. The Balaban J connectivity index is 1.67. The molecule has 1 amide bonds. The lowest BCUT2D eigenvalue weighted by atomic mass is 10.1. The van der Waals surface area contributed by atoms with E-state index in [2.05, 4.69) is 22.5 Å². The number of nitrogens with zero attached hydrogens (tertiary/aromatic N) is 1. The molecule has 3 aromatic rings. The van der Waals surface area contributed by atoms with Gasteiger partial charge in [-0.1, -0.05) is 19.1 Å². The number of pyridine rings is 1. The topological polar surface area (TPSA) is 54.0 Å². The van der Waals surface area contributed by atoms with Crippen LogP contribution in [-0.4, -0.2) is 10.9 Å². The minimum absolute atomic E-state index is 0.101. The predicted octanol–water partition coefficient (Wildman–Crippen LogP) is 4.92. The Morgan fingerprint density at radius 1 is 1.00 bits per heavy atom. The number of carbonyl (C=O) groups is 1. The molecule has 1 heterocycles. The van der Waals surface area contributed by atoms with Crippen molar-refractivity contribution in [1.82, 2.24) is 4.98 Å². The highest BCUT2D eigenvalue weighted by molar-refractivity contribution is 6.03. The molecule has 3 rings (SSSR count). The molecule has 0 unspecified atom stereocenters. The molecule has 2 N–H and O–H groups in total. The molecule has 4 nitrogen and oxygen atoms in total. The highest BCUT2D eigenvalue weighted by Gasteiger charge is 2.11. The Hall–Kier alpha value is -3.28. The molecule has 0 atom stereocenters. The molecule has 2 aromatic carbocycles. The van der Waals surface area contributed by atoms with Crippen LogP contribution in [0.4, 0.5) is 25.8 Å². The molecule has 0 spiro atoms. The third-order valence-electron chi connectivity index (χ3n) is 3.83. The monoisotopic (exact) mass is 353 g/mol. The zero-order chi connectivity index (χ0) is 18.5. The standard InChI is InChI=1S/C20H17F2N3O/c1-2-13-3-6-15(7-4-13)24-16-8-10-19(23-12-16)20(26)25-18-9-5-14(21)11-17(18)22/h3-12,24H,2H2,1H3,(H,25,26). The fourth-order valence-corrected chi connectivity index (χ4v) is 2.37. The maximum atomic E-state index is 13.6. The maximum Gasteiger partial charge on any atom is 0.274 e. The lowest BCUT2D eigenvalue weighted by Gasteiger charge is -2.09. The van der Waals surface area contributed by atoms with Gasteiger partial charge < -0.3 is 10.6 Å². The molecule has 0 saturated heterocycles. The molecule has 1 aromatic heterocycles. The minimum atomic E-state index is -0.841. The van der Waals surface area contributed by atoms with Gasteiger partial charge in [0.15, 0.2) is 0 Å². The molecule has 26 heavy (non-hydrogen) atoms. The van der Waals surface area contributed by atoms with Gasteiger partial charge in [-0.05, 0) is 48.4 Å². The lowest BCUT2D eigenvalue weighted by Crippen LogP contribution is -2.14. The van der Waals surface area contributed by atoms with Crippen molar-refractivity contribution in [2.75, 3.05) is 10.6 Å². The lowest BCUT2D eigenvalue weighted by molar-refractivity contribution is 0.102. The van der Waals surface area contributed by atoms with E-state index in [4.69, 9.17) is 0 Å². The predicted molar refractivity (Wildman–Crippen MR) is 97.7 cm³/mol. The van der Waals surface area contributed by atoms with Gasteiger partial charge in [-0.15, -0.1) is 0 Å². The number of anilines is 3. The second kappa shape index (κ2) is 7.74. The summed E-state index contributed by atoms with van der Waals surface area (Å²) in [6, 6.07) is 14.2. The summed E-state index contributed by atoms with van der Waals surface area (Å²) < 4.78 is 26.5. The zero-order valence-electron chi connectivity index (χ0n) is 14.1. The molecule has 0 aliphatic carbocycles. The molecule has 0 aliphatic heterocycles. The molecule has 0 radical (unpaired) electrons. The van der Waals surface area contributed by atoms with E-state index in [0.29, 0.717) is 6.07 Å². The number of benzene rings is 2. The number of aryl methyl sites for hydroxylation is 1. The van der Waals surface area contributed by atoms with Gasteiger partial charge in [-0.3, -0.25) is 4.79 Å². The Kier molecular flexibility index (Phi) is 5.22. The zero-order valence-corrected chi connectivity index (χ0v) is 14.1. The van der Waals surface area contributed by atoms with Crippen LogP contribution in [0.2, 0.25) is 0 Å². The Labute approximate surface area is 149 Å². The number of rotatable bonds is 5. The fourth-order valence-electron chi connectivity index (χ4n) is 2.37. The summed E-state index contributed by atoms with van der Waals surface area (Å²) in [6.45, 7) is 2.09. The van der Waals surface area contributed by atoms with Gasteiger partial charge in [0, 0.05) is 11.8 Å². The third-order valence-corrected chi connectivity index (χ3v) is 3.83. The van der Waals surface area contributed by atoms with E-state index in [9.17, 15) is 13.6 Å². The van der Waals surface area contributed by atoms with Crippen LogP contribution in [0.3, 0.4) is 0 Å². The second-order valence-electron chi connectivity index (χ2n) is 5.69. The van der Waals surface area contributed by atoms with Crippen molar-refractivity contribution in [3.05, 3.63) is 83.7 Å². The van der Waals surface area contributed by atoms with Gasteiger partial charge in [0.1, 0.15) is 17.3 Å². The molecule has 6 heteroatoms. The number of hydrogen-bond donors (Lipinski definition) is 2. The van der Waals surface area contributed by atoms with Crippen molar-refractivity contribution in [2.45, 2.75) is 13.3 Å². The van der Waals surface area contributed by atoms with Crippen LogP contribution in [0, 0.1) is 11.6 Å². The van der Waals surface area contributed by atoms with Gasteiger partial charge >= 0.3 is 0 Å². The SMILES string of the molecule is CCc1ccc(Nc2ccc(C(=O)Nc3ccc(F)cc3F)nc2)cc1. The molecular weight excluding hydrogens is 336 g/mol. The Bertz CT molecular complexity index is 909. The van der Waals surface area contributed by atoms with Crippen LogP contribution >= 0.6 is 0 Å². The first kappa shape index (κ1) is 17.5. The summed E-state index contributed by atoms with van der Waals surface area (Å²) in [5.41, 5.74) is 2.90. The average Bonchev–Trinajstić information content (AvgIpc) is 2.65. The van der Waals surface area contributed by atoms with E-state index in [1.54, 1.807) is 6.07 Å². The summed E-state index contributed by atoms with van der Waals surface area (Å²) >= 11 is 0. The van der Waals surface area contributed by atoms with E-state index in [0.717, 1.165) is 23.9 Å². The maximum absolute atomic E-state index is 13.6. The molecule has 132 valence electrons. The van der Waals surface area contributed by atoms with Crippen LogP contribution < -0.4 is 10.6 Å². The molecule has 0 fully saturated rings. The smallest absolute Gasteiger partial charge is 0.274 e. The van der Waals surface area contributed by atoms with Crippen molar-refractivity contribution < 1.29 is 13.6 Å². The van der Waals surface area contributed by atoms with E-state index in [1.165, 1.54) is 23.9 Å². The van der Waals surface area contributed by atoms with Crippen molar-refractivity contribution in [1.29, 1.82) is 0 Å². The largest absolute Gasteiger partial charge is 0.354 e. The number of nitrogens with one attached hydrogen (secondary N) is 2. The van der Waals surface area contributed by atoms with Gasteiger partial charge in [0.2, 0.25) is 0 Å². The number of amides is 1. The quantitative estimate of drug-likeness (QED) is 0.685. The van der Waals surface area contributed by atoms with Crippen molar-refractivity contribution in [2.24, 2.45) is 0 Å².